The third kappa shape index (κ3) is 5.19. The van der Waals surface area contributed by atoms with Crippen LogP contribution in [0.2, 0.25) is 0 Å². The van der Waals surface area contributed by atoms with E-state index < -0.39 is 0 Å². The smallest absolute Gasteiger partial charge is 0.0706 e. The van der Waals surface area contributed by atoms with E-state index in [9.17, 15) is 0 Å². The molecule has 1 unspecified atom stereocenters. The molecule has 2 heterocycles. The van der Waals surface area contributed by atoms with Crippen molar-refractivity contribution in [3.8, 4) is 0 Å². The number of likely N-dealkylation sites (tertiary alicyclic amines) is 1. The molecule has 0 aromatic heterocycles. The van der Waals surface area contributed by atoms with Crippen molar-refractivity contribution < 1.29 is 4.74 Å². The van der Waals surface area contributed by atoms with Crippen molar-refractivity contribution in [3.63, 3.8) is 0 Å². The maximum atomic E-state index is 6.12. The van der Waals surface area contributed by atoms with Gasteiger partial charge in [0.25, 0.3) is 0 Å². The van der Waals surface area contributed by atoms with Gasteiger partial charge in [0.2, 0.25) is 0 Å². The van der Waals surface area contributed by atoms with E-state index in [1.807, 2.05) is 0 Å². The molecule has 0 aromatic carbocycles. The lowest BCUT2D eigenvalue weighted by Crippen LogP contribution is -2.41. The van der Waals surface area contributed by atoms with Crippen LogP contribution >= 0.6 is 24.8 Å². The second kappa shape index (κ2) is 8.54. The quantitative estimate of drug-likeness (QED) is 0.827. The van der Waals surface area contributed by atoms with Gasteiger partial charge in [-0.05, 0) is 52.4 Å². The fraction of sp³-hybridized carbons (Fsp3) is 1.00. The minimum Gasteiger partial charge on any atom is -0.374 e. The van der Waals surface area contributed by atoms with Crippen LogP contribution < -0.4 is 5.32 Å². The van der Waals surface area contributed by atoms with Crippen molar-refractivity contribution in [1.29, 1.82) is 0 Å². The van der Waals surface area contributed by atoms with Crippen LogP contribution in [-0.2, 0) is 4.74 Å². The number of nitrogens with one attached hydrogen (secondary N) is 1. The summed E-state index contributed by atoms with van der Waals surface area (Å²) in [5.41, 5.74) is 0. The molecule has 0 amide bonds. The third-order valence-electron chi connectivity index (χ3n) is 3.25. The molecule has 0 bridgehead atoms. The highest BCUT2D eigenvalue weighted by molar-refractivity contribution is 5.85. The molecule has 16 heavy (non-hydrogen) atoms. The Morgan fingerprint density at radius 1 is 1.06 bits per heavy atom. The van der Waals surface area contributed by atoms with Gasteiger partial charge in [-0.25, -0.2) is 0 Å². The Labute approximate surface area is 111 Å². The lowest BCUT2D eigenvalue weighted by molar-refractivity contribution is -0.0541. The Bertz CT molecular complexity index is 177. The Morgan fingerprint density at radius 2 is 1.75 bits per heavy atom. The van der Waals surface area contributed by atoms with Gasteiger partial charge in [-0.2, -0.15) is 0 Å². The minimum absolute atomic E-state index is 0. The van der Waals surface area contributed by atoms with Crippen LogP contribution in [0.15, 0.2) is 0 Å². The number of hydrogen-bond donors (Lipinski definition) is 1. The summed E-state index contributed by atoms with van der Waals surface area (Å²) in [5, 5.41) is 3.37. The van der Waals surface area contributed by atoms with E-state index in [2.05, 4.69) is 17.3 Å². The van der Waals surface area contributed by atoms with Gasteiger partial charge in [-0.3, -0.25) is 0 Å². The Hall–Kier alpha value is 0.460. The van der Waals surface area contributed by atoms with Crippen LogP contribution in [0.3, 0.4) is 0 Å². The first-order valence-corrected chi connectivity index (χ1v) is 5.89. The summed E-state index contributed by atoms with van der Waals surface area (Å²) in [7, 11) is 2.19. The van der Waals surface area contributed by atoms with Gasteiger partial charge in [0.1, 0.15) is 0 Å². The number of halogens is 2. The van der Waals surface area contributed by atoms with Gasteiger partial charge in [0, 0.05) is 6.54 Å². The second-order valence-electron chi connectivity index (χ2n) is 4.61. The predicted molar refractivity (Wildman–Crippen MR) is 72.0 cm³/mol. The summed E-state index contributed by atoms with van der Waals surface area (Å²) in [6, 6.07) is 0. The number of piperidine rings is 2. The average Bonchev–Trinajstić information content (AvgIpc) is 2.19. The van der Waals surface area contributed by atoms with E-state index in [0.29, 0.717) is 12.2 Å². The average molecular weight is 271 g/mol. The summed E-state index contributed by atoms with van der Waals surface area (Å²) in [6.45, 7) is 4.64. The van der Waals surface area contributed by atoms with Gasteiger partial charge in [0.15, 0.2) is 0 Å². The molecule has 0 saturated carbocycles. The zero-order valence-corrected chi connectivity index (χ0v) is 11.6. The molecule has 0 radical (unpaired) electrons. The maximum absolute atomic E-state index is 6.12. The van der Waals surface area contributed by atoms with Crippen molar-refractivity contribution in [1.82, 2.24) is 10.2 Å². The van der Waals surface area contributed by atoms with Crippen LogP contribution in [0, 0.1) is 0 Å². The maximum Gasteiger partial charge on any atom is 0.0706 e. The number of likely N-dealkylation sites (N-methyl/N-ethyl adjacent to an activating group) is 1. The van der Waals surface area contributed by atoms with E-state index in [1.165, 1.54) is 32.2 Å². The topological polar surface area (TPSA) is 24.5 Å². The fourth-order valence-electron chi connectivity index (χ4n) is 2.43. The highest BCUT2D eigenvalue weighted by Gasteiger charge is 2.22. The van der Waals surface area contributed by atoms with Gasteiger partial charge in [-0.15, -0.1) is 24.8 Å². The van der Waals surface area contributed by atoms with Crippen LogP contribution in [0.1, 0.15) is 25.7 Å². The van der Waals surface area contributed by atoms with E-state index in [-0.39, 0.29) is 24.8 Å². The highest BCUT2D eigenvalue weighted by atomic mass is 35.5. The molecule has 2 fully saturated rings. The number of rotatable bonds is 2. The standard InChI is InChI=1S/C11H22N2O.2ClH/c1-13-8-2-3-11(9-13)14-10-4-6-12-7-5-10;;/h10-12H,2-9H2,1H3;2*1H. The Morgan fingerprint density at radius 3 is 2.38 bits per heavy atom. The number of ether oxygens (including phenoxy) is 1. The summed E-state index contributed by atoms with van der Waals surface area (Å²) >= 11 is 0. The number of nitrogens with zero attached hydrogens (tertiary/aromatic N) is 1. The normalized spacial score (nSPS) is 27.9. The first kappa shape index (κ1) is 16.5. The van der Waals surface area contributed by atoms with E-state index in [1.54, 1.807) is 0 Å². The third-order valence-corrected chi connectivity index (χ3v) is 3.25. The zero-order chi connectivity index (χ0) is 9.80. The Balaban J connectivity index is 0.00000112. The lowest BCUT2D eigenvalue weighted by Gasteiger charge is -2.33. The van der Waals surface area contributed by atoms with Gasteiger partial charge in [0.05, 0.1) is 12.2 Å². The van der Waals surface area contributed by atoms with Crippen molar-refractivity contribution in [2.24, 2.45) is 0 Å². The van der Waals surface area contributed by atoms with Gasteiger partial charge >= 0.3 is 0 Å². The zero-order valence-electron chi connectivity index (χ0n) is 9.98. The van der Waals surface area contributed by atoms with Crippen molar-refractivity contribution in [2.45, 2.75) is 37.9 Å². The van der Waals surface area contributed by atoms with E-state index in [0.717, 1.165) is 19.6 Å². The van der Waals surface area contributed by atoms with Gasteiger partial charge in [-0.1, -0.05) is 0 Å². The van der Waals surface area contributed by atoms with Crippen molar-refractivity contribution in [2.75, 3.05) is 33.2 Å². The SMILES string of the molecule is CN1CCCC(OC2CCNCC2)C1.Cl.Cl. The molecule has 98 valence electrons. The first-order valence-electron chi connectivity index (χ1n) is 5.89. The molecule has 2 aliphatic rings. The van der Waals surface area contributed by atoms with Crippen LogP contribution in [0.25, 0.3) is 0 Å². The van der Waals surface area contributed by atoms with Crippen LogP contribution in [0.4, 0.5) is 0 Å². The van der Waals surface area contributed by atoms with E-state index >= 15 is 0 Å². The second-order valence-corrected chi connectivity index (χ2v) is 4.61. The predicted octanol–water partition coefficient (Wildman–Crippen LogP) is 1.69. The molecule has 0 aliphatic carbocycles. The molecule has 2 rings (SSSR count). The lowest BCUT2D eigenvalue weighted by atomic mass is 10.1. The molecule has 0 spiro atoms. The largest absolute Gasteiger partial charge is 0.374 e. The van der Waals surface area contributed by atoms with Crippen molar-refractivity contribution in [3.05, 3.63) is 0 Å². The fourth-order valence-corrected chi connectivity index (χ4v) is 2.43. The van der Waals surface area contributed by atoms with E-state index in [4.69, 9.17) is 4.74 Å². The molecule has 5 heteroatoms. The van der Waals surface area contributed by atoms with Crippen molar-refractivity contribution >= 4 is 24.8 Å². The van der Waals surface area contributed by atoms with Gasteiger partial charge < -0.3 is 15.0 Å². The summed E-state index contributed by atoms with van der Waals surface area (Å²) < 4.78 is 6.12. The molecule has 1 N–H and O–H groups in total. The Kier molecular flexibility index (Phi) is 8.78. The summed E-state index contributed by atoms with van der Waals surface area (Å²) in [6.07, 6.45) is 5.96. The first-order chi connectivity index (χ1) is 6.84. The molecule has 2 saturated heterocycles. The highest BCUT2D eigenvalue weighted by Crippen LogP contribution is 2.17. The molecular weight excluding hydrogens is 247 g/mol. The molecule has 1 atom stereocenters. The van der Waals surface area contributed by atoms with Crippen LogP contribution in [0.5, 0.6) is 0 Å². The monoisotopic (exact) mass is 270 g/mol. The summed E-state index contributed by atoms with van der Waals surface area (Å²) in [5.74, 6) is 0. The molecule has 0 aromatic rings. The molecule has 3 nitrogen and oxygen atoms in total. The molecule has 2 aliphatic heterocycles. The summed E-state index contributed by atoms with van der Waals surface area (Å²) in [4.78, 5) is 2.38. The number of hydrogen-bond acceptors (Lipinski definition) is 3. The minimum atomic E-state index is 0. The van der Waals surface area contributed by atoms with Crippen LogP contribution in [-0.4, -0.2) is 50.3 Å². The molecular formula is C11H24Cl2N2O.